The Hall–Kier alpha value is -3.47. The van der Waals surface area contributed by atoms with Crippen molar-refractivity contribution in [2.45, 2.75) is 19.4 Å². The molecule has 1 atom stereocenters. The predicted molar refractivity (Wildman–Crippen MR) is 107 cm³/mol. The second kappa shape index (κ2) is 8.05. The average Bonchev–Trinajstić information content (AvgIpc) is 3.24. The first-order valence-electron chi connectivity index (χ1n) is 9.22. The van der Waals surface area contributed by atoms with Gasteiger partial charge < -0.3 is 9.73 Å². The van der Waals surface area contributed by atoms with Gasteiger partial charge in [-0.05, 0) is 53.9 Å². The standard InChI is InChI=1S/C23H20FN3O/c1-2-16-8-14-20(15-9-16)25-21(17-10-12-19(24)13-11-17)23-27-26-22(28-23)18-6-4-3-5-7-18/h3-15,21,25H,2H2,1H3. The molecule has 1 heterocycles. The van der Waals surface area contributed by atoms with Crippen LogP contribution in [0, 0.1) is 5.82 Å². The minimum Gasteiger partial charge on any atom is -0.418 e. The van der Waals surface area contributed by atoms with Gasteiger partial charge >= 0.3 is 0 Å². The molecule has 5 heteroatoms. The van der Waals surface area contributed by atoms with Crippen LogP contribution in [0.1, 0.15) is 30.0 Å². The van der Waals surface area contributed by atoms with Gasteiger partial charge in [-0.25, -0.2) is 4.39 Å². The van der Waals surface area contributed by atoms with Crippen molar-refractivity contribution in [1.29, 1.82) is 0 Å². The van der Waals surface area contributed by atoms with Gasteiger partial charge in [-0.15, -0.1) is 10.2 Å². The molecule has 0 spiro atoms. The maximum atomic E-state index is 13.4. The minimum absolute atomic E-state index is 0.287. The van der Waals surface area contributed by atoms with Crippen molar-refractivity contribution in [3.8, 4) is 11.5 Å². The molecule has 1 aromatic heterocycles. The summed E-state index contributed by atoms with van der Waals surface area (Å²) in [6.45, 7) is 2.12. The highest BCUT2D eigenvalue weighted by Crippen LogP contribution is 2.28. The largest absolute Gasteiger partial charge is 0.418 e. The number of nitrogens with one attached hydrogen (secondary N) is 1. The average molecular weight is 373 g/mol. The highest BCUT2D eigenvalue weighted by molar-refractivity contribution is 5.53. The predicted octanol–water partition coefficient (Wildman–Crippen LogP) is 5.64. The number of rotatable bonds is 6. The highest BCUT2D eigenvalue weighted by Gasteiger charge is 2.21. The van der Waals surface area contributed by atoms with E-state index in [4.69, 9.17) is 4.42 Å². The van der Waals surface area contributed by atoms with Crippen molar-refractivity contribution >= 4 is 5.69 Å². The van der Waals surface area contributed by atoms with E-state index in [-0.39, 0.29) is 5.82 Å². The van der Waals surface area contributed by atoms with E-state index >= 15 is 0 Å². The zero-order chi connectivity index (χ0) is 19.3. The summed E-state index contributed by atoms with van der Waals surface area (Å²) in [7, 11) is 0. The Balaban J connectivity index is 1.68. The van der Waals surface area contributed by atoms with E-state index in [2.05, 4.69) is 34.6 Å². The minimum atomic E-state index is -0.391. The fourth-order valence-electron chi connectivity index (χ4n) is 2.99. The van der Waals surface area contributed by atoms with Gasteiger partial charge in [0.15, 0.2) is 0 Å². The Labute approximate surface area is 163 Å². The van der Waals surface area contributed by atoms with Crippen LogP contribution >= 0.6 is 0 Å². The van der Waals surface area contributed by atoms with E-state index in [0.717, 1.165) is 23.2 Å². The van der Waals surface area contributed by atoms with Crippen LogP contribution in [0.3, 0.4) is 0 Å². The molecule has 4 rings (SSSR count). The molecule has 0 fully saturated rings. The lowest BCUT2D eigenvalue weighted by atomic mass is 10.1. The normalized spacial score (nSPS) is 11.9. The number of aromatic nitrogens is 2. The molecule has 1 unspecified atom stereocenters. The van der Waals surface area contributed by atoms with Gasteiger partial charge in [-0.2, -0.15) is 0 Å². The van der Waals surface area contributed by atoms with Gasteiger partial charge in [0.25, 0.3) is 0 Å². The molecule has 0 aliphatic heterocycles. The molecule has 0 saturated heterocycles. The number of anilines is 1. The third-order valence-corrected chi connectivity index (χ3v) is 4.58. The van der Waals surface area contributed by atoms with E-state index in [1.165, 1.54) is 17.7 Å². The van der Waals surface area contributed by atoms with E-state index < -0.39 is 6.04 Å². The molecule has 3 aromatic carbocycles. The van der Waals surface area contributed by atoms with Gasteiger partial charge in [0.2, 0.25) is 11.8 Å². The second-order valence-electron chi connectivity index (χ2n) is 6.49. The molecule has 4 aromatic rings. The SMILES string of the molecule is CCc1ccc(NC(c2ccc(F)cc2)c2nnc(-c3ccccc3)o2)cc1. The van der Waals surface area contributed by atoms with Gasteiger partial charge in [-0.3, -0.25) is 0 Å². The third kappa shape index (κ3) is 3.93. The zero-order valence-corrected chi connectivity index (χ0v) is 15.5. The van der Waals surface area contributed by atoms with Crippen molar-refractivity contribution in [2.75, 3.05) is 5.32 Å². The maximum Gasteiger partial charge on any atom is 0.247 e. The highest BCUT2D eigenvalue weighted by atomic mass is 19.1. The van der Waals surface area contributed by atoms with Gasteiger partial charge in [0.1, 0.15) is 11.9 Å². The molecular formula is C23H20FN3O. The van der Waals surface area contributed by atoms with Gasteiger partial charge in [0, 0.05) is 11.3 Å². The number of hydrogen-bond acceptors (Lipinski definition) is 4. The quantitative estimate of drug-likeness (QED) is 0.475. The Morgan fingerprint density at radius 3 is 2.29 bits per heavy atom. The first-order valence-corrected chi connectivity index (χ1v) is 9.22. The first-order chi connectivity index (χ1) is 13.7. The number of nitrogens with zero attached hydrogens (tertiary/aromatic N) is 2. The van der Waals surface area contributed by atoms with Crippen LogP contribution in [0.25, 0.3) is 11.5 Å². The van der Waals surface area contributed by atoms with Crippen molar-refractivity contribution in [2.24, 2.45) is 0 Å². The Kier molecular flexibility index (Phi) is 5.15. The maximum absolute atomic E-state index is 13.4. The second-order valence-corrected chi connectivity index (χ2v) is 6.49. The van der Waals surface area contributed by atoms with Crippen LogP contribution in [-0.2, 0) is 6.42 Å². The summed E-state index contributed by atoms with van der Waals surface area (Å²) < 4.78 is 19.4. The Morgan fingerprint density at radius 2 is 1.61 bits per heavy atom. The van der Waals surface area contributed by atoms with Crippen molar-refractivity contribution in [3.63, 3.8) is 0 Å². The van der Waals surface area contributed by atoms with Gasteiger partial charge in [0.05, 0.1) is 0 Å². The topological polar surface area (TPSA) is 51.0 Å². The van der Waals surface area contributed by atoms with Crippen LogP contribution in [0.2, 0.25) is 0 Å². The van der Waals surface area contributed by atoms with Crippen molar-refractivity contribution in [3.05, 3.63) is 102 Å². The lowest BCUT2D eigenvalue weighted by Crippen LogP contribution is -2.13. The lowest BCUT2D eigenvalue weighted by molar-refractivity contribution is 0.494. The molecular weight excluding hydrogens is 353 g/mol. The van der Waals surface area contributed by atoms with E-state index in [1.54, 1.807) is 12.1 Å². The van der Waals surface area contributed by atoms with Crippen molar-refractivity contribution < 1.29 is 8.81 Å². The molecule has 0 aliphatic carbocycles. The molecule has 1 N–H and O–H groups in total. The lowest BCUT2D eigenvalue weighted by Gasteiger charge is -2.17. The molecule has 0 aliphatic rings. The smallest absolute Gasteiger partial charge is 0.247 e. The number of halogens is 1. The fraction of sp³-hybridized carbons (Fsp3) is 0.130. The summed E-state index contributed by atoms with van der Waals surface area (Å²) in [4.78, 5) is 0. The molecule has 0 bridgehead atoms. The van der Waals surface area contributed by atoms with E-state index in [1.807, 2.05) is 42.5 Å². The molecule has 4 nitrogen and oxygen atoms in total. The zero-order valence-electron chi connectivity index (χ0n) is 15.5. The van der Waals surface area contributed by atoms with Crippen molar-refractivity contribution in [1.82, 2.24) is 10.2 Å². The summed E-state index contributed by atoms with van der Waals surface area (Å²) in [5.74, 6) is 0.584. The summed E-state index contributed by atoms with van der Waals surface area (Å²) in [6, 6.07) is 23.7. The summed E-state index contributed by atoms with van der Waals surface area (Å²) >= 11 is 0. The molecule has 0 saturated carbocycles. The fourth-order valence-corrected chi connectivity index (χ4v) is 2.99. The van der Waals surface area contributed by atoms with Crippen LogP contribution in [0.5, 0.6) is 0 Å². The van der Waals surface area contributed by atoms with Crippen LogP contribution in [0.15, 0.2) is 83.3 Å². The van der Waals surface area contributed by atoms with E-state index in [9.17, 15) is 4.39 Å². The van der Waals surface area contributed by atoms with Crippen LogP contribution in [-0.4, -0.2) is 10.2 Å². The summed E-state index contributed by atoms with van der Waals surface area (Å²) in [5, 5.41) is 11.9. The molecule has 28 heavy (non-hydrogen) atoms. The molecule has 0 amide bonds. The Morgan fingerprint density at radius 1 is 0.893 bits per heavy atom. The molecule has 0 radical (unpaired) electrons. The number of benzene rings is 3. The monoisotopic (exact) mass is 373 g/mol. The number of hydrogen-bond donors (Lipinski definition) is 1. The Bertz CT molecular complexity index is 1030. The van der Waals surface area contributed by atoms with Crippen LogP contribution in [0.4, 0.5) is 10.1 Å². The van der Waals surface area contributed by atoms with Gasteiger partial charge in [-0.1, -0.05) is 49.4 Å². The van der Waals surface area contributed by atoms with Crippen LogP contribution < -0.4 is 5.32 Å². The summed E-state index contributed by atoms with van der Waals surface area (Å²) in [5.41, 5.74) is 3.87. The molecule has 140 valence electrons. The third-order valence-electron chi connectivity index (χ3n) is 4.58. The van der Waals surface area contributed by atoms with E-state index in [0.29, 0.717) is 11.8 Å². The number of aryl methyl sites for hydroxylation is 1. The summed E-state index contributed by atoms with van der Waals surface area (Å²) in [6.07, 6.45) is 0.978. The first kappa shape index (κ1) is 17.9.